The third kappa shape index (κ3) is 6.19. The molecule has 1 atom stereocenters. The molecule has 37 heavy (non-hydrogen) atoms. The number of ether oxygens (including phenoxy) is 2. The molecule has 0 saturated carbocycles. The van der Waals surface area contributed by atoms with Crippen LogP contribution in [0.25, 0.3) is 11.3 Å². The molecule has 0 spiro atoms. The van der Waals surface area contributed by atoms with Crippen LogP contribution < -0.4 is 10.1 Å². The van der Waals surface area contributed by atoms with Crippen molar-refractivity contribution in [1.29, 1.82) is 0 Å². The summed E-state index contributed by atoms with van der Waals surface area (Å²) in [7, 11) is 0. The topological polar surface area (TPSA) is 90.7 Å². The number of carbonyl (C=O) groups excluding carboxylic acids is 2. The number of esters is 1. The van der Waals surface area contributed by atoms with Gasteiger partial charge in [0.2, 0.25) is 0 Å². The Morgan fingerprint density at radius 2 is 1.76 bits per heavy atom. The minimum absolute atomic E-state index is 0.255. The standard InChI is InChI=1S/C28H24F2N2O5/c1-16(23-6-4-5-7-25(23)30)35-28(34)31-26-17(2)37-32-27(26)20-10-8-19(9-11-20)14-21-15-22(36-18(3)33)12-13-24(21)29/h4-13,15-16H,14H2,1-3H3,(H,31,34)/t16-/m1/s1. The predicted molar refractivity (Wildman–Crippen MR) is 132 cm³/mol. The molecule has 1 aromatic heterocycles. The number of aromatic nitrogens is 1. The molecule has 1 amide bonds. The van der Waals surface area contributed by atoms with Crippen molar-refractivity contribution in [3.8, 4) is 17.0 Å². The fraction of sp³-hybridized carbons (Fsp3) is 0.179. The van der Waals surface area contributed by atoms with Crippen molar-refractivity contribution < 1.29 is 32.4 Å². The molecule has 9 heteroatoms. The van der Waals surface area contributed by atoms with E-state index in [0.717, 1.165) is 5.56 Å². The van der Waals surface area contributed by atoms with Crippen molar-refractivity contribution in [2.24, 2.45) is 0 Å². The number of hydrogen-bond donors (Lipinski definition) is 1. The third-order valence-corrected chi connectivity index (χ3v) is 5.62. The maximum Gasteiger partial charge on any atom is 0.412 e. The van der Waals surface area contributed by atoms with Gasteiger partial charge >= 0.3 is 12.1 Å². The van der Waals surface area contributed by atoms with Crippen molar-refractivity contribution in [2.75, 3.05) is 5.32 Å². The van der Waals surface area contributed by atoms with Crippen LogP contribution in [0, 0.1) is 18.6 Å². The number of hydrogen-bond acceptors (Lipinski definition) is 6. The minimum Gasteiger partial charge on any atom is -0.441 e. The zero-order valence-corrected chi connectivity index (χ0v) is 20.4. The maximum atomic E-state index is 14.3. The maximum absolute atomic E-state index is 14.3. The summed E-state index contributed by atoms with van der Waals surface area (Å²) in [5.74, 6) is -0.742. The quantitative estimate of drug-likeness (QED) is 0.220. The van der Waals surface area contributed by atoms with Crippen molar-refractivity contribution in [3.63, 3.8) is 0 Å². The Morgan fingerprint density at radius 1 is 1.03 bits per heavy atom. The Hall–Kier alpha value is -4.53. The lowest BCUT2D eigenvalue weighted by Crippen LogP contribution is -2.17. The summed E-state index contributed by atoms with van der Waals surface area (Å²) in [6.45, 7) is 4.49. The van der Waals surface area contributed by atoms with Crippen LogP contribution in [0.4, 0.5) is 19.3 Å². The number of anilines is 1. The van der Waals surface area contributed by atoms with Crippen LogP contribution in [0.1, 0.15) is 42.4 Å². The van der Waals surface area contributed by atoms with Crippen LogP contribution in [-0.4, -0.2) is 17.2 Å². The van der Waals surface area contributed by atoms with E-state index in [0.29, 0.717) is 28.3 Å². The van der Waals surface area contributed by atoms with Crippen molar-refractivity contribution in [2.45, 2.75) is 33.3 Å². The molecule has 0 aliphatic rings. The SMILES string of the molecule is CC(=O)Oc1ccc(F)c(Cc2ccc(-c3noc(C)c3NC(=O)O[C@H](C)c3ccccc3F)cc2)c1. The highest BCUT2D eigenvalue weighted by Crippen LogP contribution is 2.31. The lowest BCUT2D eigenvalue weighted by Gasteiger charge is -2.15. The molecular weight excluding hydrogens is 482 g/mol. The number of nitrogens with one attached hydrogen (secondary N) is 1. The van der Waals surface area contributed by atoms with E-state index in [-0.39, 0.29) is 17.7 Å². The summed E-state index contributed by atoms with van der Waals surface area (Å²) in [6, 6.07) is 17.3. The van der Waals surface area contributed by atoms with Crippen molar-refractivity contribution >= 4 is 17.7 Å². The molecule has 0 unspecified atom stereocenters. The first kappa shape index (κ1) is 25.6. The van der Waals surface area contributed by atoms with Gasteiger partial charge in [-0.1, -0.05) is 47.6 Å². The molecule has 1 N–H and O–H groups in total. The number of halogens is 2. The van der Waals surface area contributed by atoms with Gasteiger partial charge in [0.25, 0.3) is 0 Å². The average Bonchev–Trinajstić information content (AvgIpc) is 3.21. The summed E-state index contributed by atoms with van der Waals surface area (Å²) < 4.78 is 44.0. The molecule has 0 bridgehead atoms. The summed E-state index contributed by atoms with van der Waals surface area (Å²) in [6.07, 6.45) is -1.34. The fourth-order valence-corrected chi connectivity index (χ4v) is 3.79. The van der Waals surface area contributed by atoms with E-state index >= 15 is 0 Å². The first-order valence-electron chi connectivity index (χ1n) is 11.5. The summed E-state index contributed by atoms with van der Waals surface area (Å²) in [4.78, 5) is 23.7. The zero-order valence-electron chi connectivity index (χ0n) is 20.4. The summed E-state index contributed by atoms with van der Waals surface area (Å²) in [5.41, 5.74) is 2.77. The van der Waals surface area contributed by atoms with Gasteiger partial charge in [0.1, 0.15) is 34.9 Å². The molecule has 0 aliphatic carbocycles. The Kier molecular flexibility index (Phi) is 7.62. The lowest BCUT2D eigenvalue weighted by molar-refractivity contribution is -0.131. The molecule has 0 saturated heterocycles. The highest BCUT2D eigenvalue weighted by molar-refractivity contribution is 5.91. The van der Waals surface area contributed by atoms with E-state index in [1.54, 1.807) is 56.3 Å². The summed E-state index contributed by atoms with van der Waals surface area (Å²) in [5, 5.41) is 6.67. The van der Waals surface area contributed by atoms with Crippen LogP contribution in [0.5, 0.6) is 5.75 Å². The molecule has 3 aromatic carbocycles. The van der Waals surface area contributed by atoms with Gasteiger partial charge in [-0.3, -0.25) is 10.1 Å². The van der Waals surface area contributed by atoms with Gasteiger partial charge in [0, 0.05) is 24.5 Å². The number of amides is 1. The lowest BCUT2D eigenvalue weighted by atomic mass is 10.0. The molecular formula is C28H24F2N2O5. The first-order chi connectivity index (χ1) is 17.7. The van der Waals surface area contributed by atoms with E-state index in [2.05, 4.69) is 10.5 Å². The van der Waals surface area contributed by atoms with Gasteiger partial charge in [0.15, 0.2) is 5.76 Å². The van der Waals surface area contributed by atoms with Crippen molar-refractivity contribution in [3.05, 3.63) is 101 Å². The second-order valence-corrected chi connectivity index (χ2v) is 8.38. The molecule has 4 aromatic rings. The molecule has 7 nitrogen and oxygen atoms in total. The second-order valence-electron chi connectivity index (χ2n) is 8.38. The number of benzene rings is 3. The Balaban J connectivity index is 1.47. The monoisotopic (exact) mass is 506 g/mol. The number of aryl methyl sites for hydroxylation is 1. The van der Waals surface area contributed by atoms with Gasteiger partial charge in [-0.2, -0.15) is 0 Å². The third-order valence-electron chi connectivity index (χ3n) is 5.62. The zero-order chi connectivity index (χ0) is 26.5. The molecule has 0 aliphatic heterocycles. The second kappa shape index (κ2) is 11.0. The molecule has 0 radical (unpaired) electrons. The number of carbonyl (C=O) groups is 2. The largest absolute Gasteiger partial charge is 0.441 e. The normalized spacial score (nSPS) is 11.6. The van der Waals surface area contributed by atoms with Crippen LogP contribution in [-0.2, 0) is 16.0 Å². The van der Waals surface area contributed by atoms with E-state index < -0.39 is 29.8 Å². The molecule has 1 heterocycles. The van der Waals surface area contributed by atoms with Crippen LogP contribution in [0.15, 0.2) is 71.3 Å². The van der Waals surface area contributed by atoms with Crippen LogP contribution in [0.2, 0.25) is 0 Å². The van der Waals surface area contributed by atoms with Gasteiger partial charge in [-0.15, -0.1) is 0 Å². The number of rotatable bonds is 7. The minimum atomic E-state index is -0.816. The Labute approximate surface area is 212 Å². The van der Waals surface area contributed by atoms with Crippen LogP contribution >= 0.6 is 0 Å². The highest BCUT2D eigenvalue weighted by atomic mass is 19.1. The van der Waals surface area contributed by atoms with E-state index in [1.165, 1.54) is 31.2 Å². The summed E-state index contributed by atoms with van der Waals surface area (Å²) >= 11 is 0. The predicted octanol–water partition coefficient (Wildman–Crippen LogP) is 6.75. The molecule has 190 valence electrons. The smallest absolute Gasteiger partial charge is 0.412 e. The average molecular weight is 507 g/mol. The highest BCUT2D eigenvalue weighted by Gasteiger charge is 2.21. The van der Waals surface area contributed by atoms with Crippen LogP contribution in [0.3, 0.4) is 0 Å². The van der Waals surface area contributed by atoms with E-state index in [1.807, 2.05) is 0 Å². The van der Waals surface area contributed by atoms with Crippen molar-refractivity contribution in [1.82, 2.24) is 5.16 Å². The molecule has 4 rings (SSSR count). The van der Waals surface area contributed by atoms with E-state index in [9.17, 15) is 18.4 Å². The first-order valence-corrected chi connectivity index (χ1v) is 11.5. The van der Waals surface area contributed by atoms with Gasteiger partial charge in [-0.05, 0) is 49.2 Å². The fourth-order valence-electron chi connectivity index (χ4n) is 3.79. The van der Waals surface area contributed by atoms with Gasteiger partial charge < -0.3 is 14.0 Å². The Morgan fingerprint density at radius 3 is 2.46 bits per heavy atom. The molecule has 0 fully saturated rings. The van der Waals surface area contributed by atoms with E-state index in [4.69, 9.17) is 14.0 Å². The number of nitrogens with zero attached hydrogens (tertiary/aromatic N) is 1. The van der Waals surface area contributed by atoms with Gasteiger partial charge in [0.05, 0.1) is 0 Å². The Bertz CT molecular complexity index is 1430. The van der Waals surface area contributed by atoms with Gasteiger partial charge in [-0.25, -0.2) is 13.6 Å².